The van der Waals surface area contributed by atoms with Gasteiger partial charge in [0.1, 0.15) is 23.4 Å². The number of alkyl carbamates (subject to hydrolysis) is 1. The first-order valence-corrected chi connectivity index (χ1v) is 11.5. The number of carbonyl (C=O) groups is 3. The molecule has 0 aliphatic heterocycles. The lowest BCUT2D eigenvalue weighted by Gasteiger charge is -2.30. The zero-order chi connectivity index (χ0) is 26.2. The lowest BCUT2D eigenvalue weighted by molar-refractivity contribution is -0.136. The number of amides is 3. The molecule has 0 aromatic heterocycles. The molecule has 0 bridgehead atoms. The maximum Gasteiger partial charge on any atom is 0.408 e. The molecule has 0 fully saturated rings. The van der Waals surface area contributed by atoms with Crippen LogP contribution in [0.3, 0.4) is 0 Å². The predicted octanol–water partition coefficient (Wildman–Crippen LogP) is 3.93. The van der Waals surface area contributed by atoms with E-state index in [9.17, 15) is 14.4 Å². The Kier molecular flexibility index (Phi) is 9.60. The molecule has 9 heteroatoms. The van der Waals surface area contributed by atoms with Crippen LogP contribution in [0.2, 0.25) is 0 Å². The van der Waals surface area contributed by atoms with Crippen molar-refractivity contribution in [1.29, 1.82) is 0 Å². The van der Waals surface area contributed by atoms with Crippen molar-refractivity contribution < 1.29 is 23.9 Å². The first-order chi connectivity index (χ1) is 16.5. The number of methoxy groups -OCH3 is 1. The number of rotatable bonds is 8. The summed E-state index contributed by atoms with van der Waals surface area (Å²) in [7, 11) is 1.54. The summed E-state index contributed by atoms with van der Waals surface area (Å²) >= 11 is 4.20. The van der Waals surface area contributed by atoms with E-state index in [1.165, 1.54) is 0 Å². The summed E-state index contributed by atoms with van der Waals surface area (Å²) < 4.78 is 10.4. The molecule has 2 N–H and O–H groups in total. The van der Waals surface area contributed by atoms with Gasteiger partial charge in [-0.25, -0.2) is 4.79 Å². The summed E-state index contributed by atoms with van der Waals surface area (Å²) in [4.78, 5) is 40.0. The van der Waals surface area contributed by atoms with Crippen molar-refractivity contribution in [2.24, 2.45) is 0 Å². The molecule has 0 radical (unpaired) electrons. The number of carbonyl (C=O) groups excluding carboxylic acids is 3. The van der Waals surface area contributed by atoms with Crippen LogP contribution >= 0.6 is 12.6 Å². The van der Waals surface area contributed by atoms with E-state index in [2.05, 4.69) is 29.3 Å². The topological polar surface area (TPSA) is 97.0 Å². The molecule has 2 aromatic carbocycles. The highest BCUT2D eigenvalue weighted by Crippen LogP contribution is 2.25. The van der Waals surface area contributed by atoms with Crippen molar-refractivity contribution in [2.75, 3.05) is 18.2 Å². The van der Waals surface area contributed by atoms with Gasteiger partial charge in [-0.1, -0.05) is 36.3 Å². The van der Waals surface area contributed by atoms with Gasteiger partial charge in [0.25, 0.3) is 11.8 Å². The Morgan fingerprint density at radius 2 is 1.69 bits per heavy atom. The van der Waals surface area contributed by atoms with Crippen LogP contribution in [0.25, 0.3) is 0 Å². The number of nitrogens with zero attached hydrogens (tertiary/aromatic N) is 1. The summed E-state index contributed by atoms with van der Waals surface area (Å²) in [6.07, 6.45) is 4.93. The molecule has 186 valence electrons. The summed E-state index contributed by atoms with van der Waals surface area (Å²) in [6, 6.07) is 13.8. The van der Waals surface area contributed by atoms with Gasteiger partial charge in [-0.2, -0.15) is 12.6 Å². The lowest BCUT2D eigenvalue weighted by atomic mass is 10.0. The van der Waals surface area contributed by atoms with Crippen molar-refractivity contribution in [3.63, 3.8) is 0 Å². The van der Waals surface area contributed by atoms with Gasteiger partial charge >= 0.3 is 6.09 Å². The van der Waals surface area contributed by atoms with E-state index in [1.807, 2.05) is 19.1 Å². The van der Waals surface area contributed by atoms with E-state index in [4.69, 9.17) is 15.9 Å². The van der Waals surface area contributed by atoms with Crippen LogP contribution in [0.5, 0.6) is 5.75 Å². The van der Waals surface area contributed by atoms with E-state index < -0.39 is 35.6 Å². The van der Waals surface area contributed by atoms with Crippen molar-refractivity contribution in [1.82, 2.24) is 10.2 Å². The van der Waals surface area contributed by atoms with Gasteiger partial charge in [-0.3, -0.25) is 14.5 Å². The maximum absolute atomic E-state index is 13.4. The molecule has 2 unspecified atom stereocenters. The third-order valence-electron chi connectivity index (χ3n) is 4.81. The van der Waals surface area contributed by atoms with E-state index in [0.29, 0.717) is 17.0 Å². The Balaban J connectivity index is 2.37. The van der Waals surface area contributed by atoms with E-state index in [-0.39, 0.29) is 5.75 Å². The van der Waals surface area contributed by atoms with Crippen molar-refractivity contribution >= 4 is 36.2 Å². The first-order valence-electron chi connectivity index (χ1n) is 10.9. The number of benzene rings is 2. The molecular formula is C26H31N3O5S. The number of hydrogen-bond acceptors (Lipinski definition) is 6. The third-order valence-corrected chi connectivity index (χ3v) is 5.17. The smallest absolute Gasteiger partial charge is 0.408 e. The minimum absolute atomic E-state index is 0.0586. The number of hydrogen-bond donors (Lipinski definition) is 3. The van der Waals surface area contributed by atoms with Crippen molar-refractivity contribution in [3.8, 4) is 18.2 Å². The normalized spacial score (nSPS) is 12.5. The second kappa shape index (κ2) is 12.2. The number of terminal acetylenes is 1. The Morgan fingerprint density at radius 1 is 1.09 bits per heavy atom. The molecule has 35 heavy (non-hydrogen) atoms. The minimum Gasteiger partial charge on any atom is -0.497 e. The van der Waals surface area contributed by atoms with Crippen LogP contribution < -0.4 is 15.4 Å². The largest absolute Gasteiger partial charge is 0.497 e. The van der Waals surface area contributed by atoms with E-state index >= 15 is 0 Å². The second-order valence-corrected chi connectivity index (χ2v) is 9.11. The van der Waals surface area contributed by atoms with Gasteiger partial charge in [0.05, 0.1) is 7.11 Å². The van der Waals surface area contributed by atoms with Crippen molar-refractivity contribution in [3.05, 3.63) is 59.7 Å². The van der Waals surface area contributed by atoms with Crippen molar-refractivity contribution in [2.45, 2.75) is 45.4 Å². The van der Waals surface area contributed by atoms with Gasteiger partial charge in [0, 0.05) is 17.5 Å². The highest BCUT2D eigenvalue weighted by Gasteiger charge is 2.35. The van der Waals surface area contributed by atoms with E-state index in [0.717, 1.165) is 10.5 Å². The fourth-order valence-electron chi connectivity index (χ4n) is 3.12. The maximum atomic E-state index is 13.4. The van der Waals surface area contributed by atoms with Crippen LogP contribution in [-0.2, 0) is 14.3 Å². The SMILES string of the molecule is C#CN(C(=O)C(CS)NC(=O)OC(C)(C)C)C(C(=O)Nc1ccc(OC)cc1)c1ccc(C)cc1. The van der Waals surface area contributed by atoms with Crippen LogP contribution in [-0.4, -0.2) is 47.3 Å². The number of anilines is 1. The molecule has 0 heterocycles. The van der Waals surface area contributed by atoms with Gasteiger partial charge in [0.2, 0.25) is 0 Å². The van der Waals surface area contributed by atoms with Crippen LogP contribution in [0.4, 0.5) is 10.5 Å². The molecule has 2 atom stereocenters. The average molecular weight is 498 g/mol. The Bertz CT molecular complexity index is 1070. The molecule has 0 saturated carbocycles. The molecule has 0 aliphatic carbocycles. The van der Waals surface area contributed by atoms with Crippen LogP contribution in [0.15, 0.2) is 48.5 Å². The molecule has 0 saturated heterocycles. The highest BCUT2D eigenvalue weighted by atomic mass is 32.1. The number of thiol groups is 1. The summed E-state index contributed by atoms with van der Waals surface area (Å²) in [5, 5.41) is 5.27. The molecule has 0 aliphatic rings. The Morgan fingerprint density at radius 3 is 2.17 bits per heavy atom. The molecule has 2 aromatic rings. The van der Waals surface area contributed by atoms with Gasteiger partial charge in [-0.15, -0.1) is 0 Å². The quantitative estimate of drug-likeness (QED) is 0.292. The monoisotopic (exact) mass is 497 g/mol. The molecule has 0 spiro atoms. The van der Waals surface area contributed by atoms with Gasteiger partial charge in [0.15, 0.2) is 0 Å². The molecule has 3 amide bonds. The number of aryl methyl sites for hydroxylation is 1. The fourth-order valence-corrected chi connectivity index (χ4v) is 3.37. The molecular weight excluding hydrogens is 466 g/mol. The highest BCUT2D eigenvalue weighted by molar-refractivity contribution is 7.80. The van der Waals surface area contributed by atoms with Gasteiger partial charge < -0.3 is 20.1 Å². The van der Waals surface area contributed by atoms with Crippen LogP contribution in [0, 0.1) is 19.4 Å². The van der Waals surface area contributed by atoms with Gasteiger partial charge in [-0.05, 0) is 57.5 Å². The average Bonchev–Trinajstić information content (AvgIpc) is 2.80. The first kappa shape index (κ1) is 27.6. The summed E-state index contributed by atoms with van der Waals surface area (Å²) in [5.74, 6) is -0.635. The zero-order valence-corrected chi connectivity index (χ0v) is 21.4. The summed E-state index contributed by atoms with van der Waals surface area (Å²) in [5.41, 5.74) is 1.21. The number of nitrogens with one attached hydrogen (secondary N) is 2. The lowest BCUT2D eigenvalue weighted by Crippen LogP contribution is -2.51. The summed E-state index contributed by atoms with van der Waals surface area (Å²) in [6.45, 7) is 7.01. The zero-order valence-electron chi connectivity index (χ0n) is 20.5. The molecule has 2 rings (SSSR count). The van der Waals surface area contributed by atoms with Crippen LogP contribution in [0.1, 0.15) is 37.9 Å². The standard InChI is InChI=1S/C26H31N3O5S/c1-7-29(24(31)21(16-35)28-25(32)34-26(3,4)5)22(18-10-8-17(2)9-11-18)23(30)27-19-12-14-20(33-6)15-13-19/h1,8-15,21-22,35H,16H2,2-6H3,(H,27,30)(H,28,32). The van der Waals surface area contributed by atoms with E-state index in [1.54, 1.807) is 64.3 Å². The minimum atomic E-state index is -1.17. The fraction of sp³-hybridized carbons (Fsp3) is 0.346. The Labute approximate surface area is 211 Å². The number of ether oxygens (including phenoxy) is 2. The Hall–Kier alpha value is -3.64. The third kappa shape index (κ3) is 7.97. The predicted molar refractivity (Wildman–Crippen MR) is 138 cm³/mol. The second-order valence-electron chi connectivity index (χ2n) is 8.75. The molecule has 8 nitrogen and oxygen atoms in total.